The van der Waals surface area contributed by atoms with Gasteiger partial charge in [-0.25, -0.2) is 18.4 Å². The van der Waals surface area contributed by atoms with Crippen molar-refractivity contribution in [1.82, 2.24) is 24.3 Å². The Labute approximate surface area is 171 Å². The summed E-state index contributed by atoms with van der Waals surface area (Å²) in [5.74, 6) is 1.14. The maximum absolute atomic E-state index is 12.7. The lowest BCUT2D eigenvalue weighted by Gasteiger charge is -2.19. The van der Waals surface area contributed by atoms with Crippen molar-refractivity contribution in [3.63, 3.8) is 0 Å². The van der Waals surface area contributed by atoms with E-state index in [1.54, 1.807) is 10.7 Å². The Kier molecular flexibility index (Phi) is 5.12. The summed E-state index contributed by atoms with van der Waals surface area (Å²) in [7, 11) is -1.31. The quantitative estimate of drug-likeness (QED) is 0.524. The van der Waals surface area contributed by atoms with Crippen molar-refractivity contribution in [3.8, 4) is 11.3 Å². The van der Waals surface area contributed by atoms with Gasteiger partial charge in [0.2, 0.25) is 5.95 Å². The van der Waals surface area contributed by atoms with Gasteiger partial charge in [0.1, 0.15) is 16.8 Å². The van der Waals surface area contributed by atoms with E-state index < -0.39 is 11.0 Å². The number of rotatable bonds is 5. The number of hydrogen-bond donors (Lipinski definition) is 2. The number of pyridine rings is 2. The molecule has 0 bridgehead atoms. The second kappa shape index (κ2) is 7.73. The van der Waals surface area contributed by atoms with Gasteiger partial charge in [0.25, 0.3) is 0 Å². The van der Waals surface area contributed by atoms with Gasteiger partial charge in [-0.1, -0.05) is 24.3 Å². The van der Waals surface area contributed by atoms with E-state index in [2.05, 4.69) is 25.1 Å². The Morgan fingerprint density at radius 3 is 2.59 bits per heavy atom. The first kappa shape index (κ1) is 19.2. The molecular formula is C21H22N6OS. The van der Waals surface area contributed by atoms with Gasteiger partial charge in [-0.05, 0) is 57.2 Å². The molecule has 0 saturated heterocycles. The van der Waals surface area contributed by atoms with Gasteiger partial charge >= 0.3 is 0 Å². The van der Waals surface area contributed by atoms with E-state index in [1.165, 1.54) is 0 Å². The van der Waals surface area contributed by atoms with Crippen LogP contribution in [0.1, 0.15) is 20.8 Å². The molecule has 29 heavy (non-hydrogen) atoms. The monoisotopic (exact) mass is 406 g/mol. The molecule has 0 amide bonds. The molecule has 7 nitrogen and oxygen atoms in total. The van der Waals surface area contributed by atoms with Crippen molar-refractivity contribution in [1.29, 1.82) is 0 Å². The van der Waals surface area contributed by atoms with Gasteiger partial charge in [0.15, 0.2) is 5.65 Å². The molecule has 4 rings (SSSR count). The zero-order chi connectivity index (χ0) is 20.4. The molecule has 2 N–H and O–H groups in total. The van der Waals surface area contributed by atoms with Crippen LogP contribution < -0.4 is 10.0 Å². The third-order valence-electron chi connectivity index (χ3n) is 4.01. The molecule has 3 heterocycles. The van der Waals surface area contributed by atoms with E-state index in [0.717, 1.165) is 11.3 Å². The van der Waals surface area contributed by atoms with Crippen molar-refractivity contribution in [3.05, 3.63) is 66.9 Å². The predicted octanol–water partition coefficient (Wildman–Crippen LogP) is 3.95. The summed E-state index contributed by atoms with van der Waals surface area (Å²) in [6.07, 6.45) is 1.71. The smallest absolute Gasteiger partial charge is 0.248 e. The summed E-state index contributed by atoms with van der Waals surface area (Å²) < 4.78 is 17.5. The SMILES string of the molecule is CC(C)(C)NS(=O)c1cccc(-c2cccc3nc(Nc4ccccn4)nn23)c1. The molecule has 0 fully saturated rings. The first-order chi connectivity index (χ1) is 13.9. The van der Waals surface area contributed by atoms with E-state index in [0.29, 0.717) is 22.3 Å². The van der Waals surface area contributed by atoms with Crippen molar-refractivity contribution in [2.45, 2.75) is 31.2 Å². The van der Waals surface area contributed by atoms with Crippen LogP contribution in [0.3, 0.4) is 0 Å². The maximum atomic E-state index is 12.7. The fourth-order valence-corrected chi connectivity index (χ4v) is 3.95. The van der Waals surface area contributed by atoms with Gasteiger partial charge < -0.3 is 5.32 Å². The average Bonchev–Trinajstić information content (AvgIpc) is 3.10. The van der Waals surface area contributed by atoms with Crippen LogP contribution in [0.5, 0.6) is 0 Å². The molecule has 1 unspecified atom stereocenters. The molecule has 148 valence electrons. The maximum Gasteiger partial charge on any atom is 0.248 e. The average molecular weight is 407 g/mol. The number of anilines is 2. The van der Waals surface area contributed by atoms with Gasteiger partial charge in [0.05, 0.1) is 10.6 Å². The normalized spacial score (nSPS) is 12.8. The highest BCUT2D eigenvalue weighted by Gasteiger charge is 2.16. The molecule has 4 aromatic rings. The van der Waals surface area contributed by atoms with Gasteiger partial charge in [-0.15, -0.1) is 5.10 Å². The van der Waals surface area contributed by atoms with Crippen molar-refractivity contribution in [2.75, 3.05) is 5.32 Å². The van der Waals surface area contributed by atoms with Crippen LogP contribution in [0, 0.1) is 0 Å². The van der Waals surface area contributed by atoms with Crippen molar-refractivity contribution in [2.24, 2.45) is 0 Å². The predicted molar refractivity (Wildman–Crippen MR) is 115 cm³/mol. The van der Waals surface area contributed by atoms with E-state index in [9.17, 15) is 4.21 Å². The number of aromatic nitrogens is 4. The molecule has 0 saturated carbocycles. The zero-order valence-corrected chi connectivity index (χ0v) is 17.3. The fourth-order valence-electron chi connectivity index (χ4n) is 2.84. The lowest BCUT2D eigenvalue weighted by Crippen LogP contribution is -2.37. The van der Waals surface area contributed by atoms with Crippen molar-refractivity contribution < 1.29 is 4.21 Å². The van der Waals surface area contributed by atoms with E-state index in [4.69, 9.17) is 0 Å². The molecule has 8 heteroatoms. The summed E-state index contributed by atoms with van der Waals surface area (Å²) in [6, 6.07) is 19.0. The van der Waals surface area contributed by atoms with Crippen LogP contribution in [0.4, 0.5) is 11.8 Å². The van der Waals surface area contributed by atoms with Gasteiger partial charge in [-0.2, -0.15) is 4.98 Å². The van der Waals surface area contributed by atoms with Crippen LogP contribution in [0.25, 0.3) is 16.9 Å². The first-order valence-electron chi connectivity index (χ1n) is 9.23. The molecule has 0 aliphatic heterocycles. The van der Waals surface area contributed by atoms with E-state index in [1.807, 2.05) is 81.4 Å². The van der Waals surface area contributed by atoms with Crippen LogP contribution in [-0.2, 0) is 11.0 Å². The summed E-state index contributed by atoms with van der Waals surface area (Å²) in [5, 5.41) is 7.70. The minimum absolute atomic E-state index is 0.251. The Hall–Kier alpha value is -3.10. The first-order valence-corrected chi connectivity index (χ1v) is 10.4. The molecule has 3 aromatic heterocycles. The van der Waals surface area contributed by atoms with Crippen LogP contribution in [0.15, 0.2) is 71.8 Å². The Balaban J connectivity index is 1.69. The summed E-state index contributed by atoms with van der Waals surface area (Å²) in [4.78, 5) is 9.48. The molecule has 1 atom stereocenters. The lowest BCUT2D eigenvalue weighted by molar-refractivity contribution is 0.519. The molecule has 0 aliphatic carbocycles. The number of nitrogens with one attached hydrogen (secondary N) is 2. The summed E-state index contributed by atoms with van der Waals surface area (Å²) in [5.41, 5.74) is 2.23. The summed E-state index contributed by atoms with van der Waals surface area (Å²) >= 11 is 0. The van der Waals surface area contributed by atoms with Gasteiger partial charge in [0, 0.05) is 17.3 Å². The number of nitrogens with zero attached hydrogens (tertiary/aromatic N) is 4. The molecule has 1 aromatic carbocycles. The van der Waals surface area contributed by atoms with Crippen LogP contribution >= 0.6 is 0 Å². The second-order valence-corrected chi connectivity index (χ2v) is 8.82. The standard InChI is InChI=1S/C21H22N6OS/c1-21(2,3)26-29(28)16-9-6-8-15(14-16)17-10-7-12-19-24-20(25-27(17)19)23-18-11-4-5-13-22-18/h4-14,26H,1-3H3,(H,22,23,25). The summed E-state index contributed by atoms with van der Waals surface area (Å²) in [6.45, 7) is 5.96. The number of fused-ring (bicyclic) bond motifs is 1. The number of hydrogen-bond acceptors (Lipinski definition) is 5. The highest BCUT2D eigenvalue weighted by Crippen LogP contribution is 2.24. The van der Waals surface area contributed by atoms with Crippen molar-refractivity contribution >= 4 is 28.4 Å². The lowest BCUT2D eigenvalue weighted by atomic mass is 10.1. The van der Waals surface area contributed by atoms with E-state index in [-0.39, 0.29) is 5.54 Å². The number of benzene rings is 1. The van der Waals surface area contributed by atoms with Crippen LogP contribution in [-0.4, -0.2) is 29.3 Å². The van der Waals surface area contributed by atoms with Gasteiger partial charge in [-0.3, -0.25) is 0 Å². The highest BCUT2D eigenvalue weighted by atomic mass is 32.2. The molecular weight excluding hydrogens is 384 g/mol. The third-order valence-corrected chi connectivity index (χ3v) is 5.49. The largest absolute Gasteiger partial charge is 0.307 e. The molecule has 0 aliphatic rings. The minimum atomic E-state index is -1.31. The fraction of sp³-hybridized carbons (Fsp3) is 0.190. The van der Waals surface area contributed by atoms with E-state index >= 15 is 0 Å². The Bertz CT molecular complexity index is 1170. The third kappa shape index (κ3) is 4.49. The van der Waals surface area contributed by atoms with Crippen LogP contribution in [0.2, 0.25) is 0 Å². The highest BCUT2D eigenvalue weighted by molar-refractivity contribution is 7.83. The Morgan fingerprint density at radius 1 is 1.00 bits per heavy atom. The topological polar surface area (TPSA) is 84.2 Å². The zero-order valence-electron chi connectivity index (χ0n) is 16.5. The second-order valence-electron chi connectivity index (χ2n) is 7.61. The molecule has 0 spiro atoms. The Morgan fingerprint density at radius 2 is 1.83 bits per heavy atom. The molecule has 0 radical (unpaired) electrons. The minimum Gasteiger partial charge on any atom is -0.307 e.